The maximum Gasteiger partial charge on any atom is 0.306 e. The minimum absolute atomic E-state index is 0.0151. The van der Waals surface area contributed by atoms with Gasteiger partial charge >= 0.3 is 5.97 Å². The van der Waals surface area contributed by atoms with Crippen LogP contribution < -0.4 is 0 Å². The molecular weight excluding hydrogens is 128 g/mol. The highest BCUT2D eigenvalue weighted by atomic mass is 16.5. The summed E-state index contributed by atoms with van der Waals surface area (Å²) in [6.07, 6.45) is 7.03. The van der Waals surface area contributed by atoms with E-state index in [0.717, 1.165) is 12.8 Å². The van der Waals surface area contributed by atoms with Gasteiger partial charge in [0.15, 0.2) is 0 Å². The van der Waals surface area contributed by atoms with Gasteiger partial charge in [-0.25, -0.2) is 0 Å². The Morgan fingerprint density at radius 3 is 3.00 bits per heavy atom. The lowest BCUT2D eigenvalue weighted by Gasteiger charge is -2.17. The molecule has 2 aliphatic rings. The summed E-state index contributed by atoms with van der Waals surface area (Å²) in [6, 6.07) is 0. The second-order valence-electron chi connectivity index (χ2n) is 2.94. The van der Waals surface area contributed by atoms with Crippen LogP contribution >= 0.6 is 0 Å². The lowest BCUT2D eigenvalue weighted by molar-refractivity contribution is -0.141. The molecule has 1 aliphatic carbocycles. The van der Waals surface area contributed by atoms with Crippen molar-refractivity contribution in [2.24, 2.45) is 5.92 Å². The van der Waals surface area contributed by atoms with Crippen molar-refractivity contribution in [2.75, 3.05) is 0 Å². The molecule has 0 amide bonds. The monoisotopic (exact) mass is 138 g/mol. The van der Waals surface area contributed by atoms with Gasteiger partial charge in [-0.05, 0) is 6.42 Å². The summed E-state index contributed by atoms with van der Waals surface area (Å²) in [5, 5.41) is 0. The normalized spacial score (nSPS) is 37.4. The van der Waals surface area contributed by atoms with Crippen molar-refractivity contribution in [1.82, 2.24) is 0 Å². The van der Waals surface area contributed by atoms with E-state index >= 15 is 0 Å². The van der Waals surface area contributed by atoms with Gasteiger partial charge in [-0.1, -0.05) is 12.2 Å². The molecule has 0 aromatic carbocycles. The average Bonchev–Trinajstić information content (AvgIpc) is 2.27. The zero-order valence-corrected chi connectivity index (χ0v) is 5.75. The Balaban J connectivity index is 2.11. The van der Waals surface area contributed by atoms with Crippen molar-refractivity contribution < 1.29 is 9.53 Å². The molecular formula is C8H10O2. The largest absolute Gasteiger partial charge is 0.462 e. The summed E-state index contributed by atoms with van der Waals surface area (Å²) in [7, 11) is 0. The maximum absolute atomic E-state index is 10.8. The van der Waals surface area contributed by atoms with Gasteiger partial charge in [-0.3, -0.25) is 4.79 Å². The highest BCUT2D eigenvalue weighted by molar-refractivity contribution is 5.72. The third-order valence-corrected chi connectivity index (χ3v) is 2.21. The van der Waals surface area contributed by atoms with Gasteiger partial charge < -0.3 is 4.74 Å². The molecule has 10 heavy (non-hydrogen) atoms. The SMILES string of the molecule is O=C1C[C@@H]2CC=CC[C@H]2O1. The second kappa shape index (κ2) is 2.11. The Morgan fingerprint density at radius 2 is 2.20 bits per heavy atom. The van der Waals surface area contributed by atoms with E-state index in [0.29, 0.717) is 12.3 Å². The summed E-state index contributed by atoms with van der Waals surface area (Å²) in [4.78, 5) is 10.8. The van der Waals surface area contributed by atoms with Crippen LogP contribution in [0.25, 0.3) is 0 Å². The fourth-order valence-electron chi connectivity index (χ4n) is 1.64. The van der Waals surface area contributed by atoms with Gasteiger partial charge in [-0.15, -0.1) is 0 Å². The van der Waals surface area contributed by atoms with Crippen LogP contribution in [0.4, 0.5) is 0 Å². The molecule has 0 unspecified atom stereocenters. The summed E-state index contributed by atoms with van der Waals surface area (Å²) in [5.74, 6) is 0.469. The number of carbonyl (C=O) groups is 1. The molecule has 0 saturated carbocycles. The fourth-order valence-corrected chi connectivity index (χ4v) is 1.64. The van der Waals surface area contributed by atoms with Gasteiger partial charge in [0.1, 0.15) is 6.10 Å². The highest BCUT2D eigenvalue weighted by Crippen LogP contribution is 2.30. The molecule has 1 aliphatic heterocycles. The van der Waals surface area contributed by atoms with Crippen LogP contribution in [0.15, 0.2) is 12.2 Å². The van der Waals surface area contributed by atoms with Crippen LogP contribution in [-0.2, 0) is 9.53 Å². The molecule has 0 aromatic rings. The average molecular weight is 138 g/mol. The number of rotatable bonds is 0. The molecule has 0 bridgehead atoms. The summed E-state index contributed by atoms with van der Waals surface area (Å²) < 4.78 is 5.08. The van der Waals surface area contributed by atoms with Gasteiger partial charge in [0, 0.05) is 12.3 Å². The molecule has 2 rings (SSSR count). The lowest BCUT2D eigenvalue weighted by Crippen LogP contribution is -2.16. The Labute approximate surface area is 59.9 Å². The third-order valence-electron chi connectivity index (χ3n) is 2.21. The summed E-state index contributed by atoms with van der Waals surface area (Å²) in [6.45, 7) is 0. The predicted molar refractivity (Wildman–Crippen MR) is 36.4 cm³/mol. The molecule has 0 N–H and O–H groups in total. The van der Waals surface area contributed by atoms with Gasteiger partial charge in [0.2, 0.25) is 0 Å². The number of carbonyl (C=O) groups excluding carboxylic acids is 1. The molecule has 1 saturated heterocycles. The van der Waals surface area contributed by atoms with E-state index in [1.165, 1.54) is 0 Å². The topological polar surface area (TPSA) is 26.3 Å². The lowest BCUT2D eigenvalue weighted by atomic mass is 9.91. The first kappa shape index (κ1) is 5.96. The van der Waals surface area contributed by atoms with E-state index in [1.54, 1.807) is 0 Å². The van der Waals surface area contributed by atoms with Crippen LogP contribution in [0.2, 0.25) is 0 Å². The van der Waals surface area contributed by atoms with Gasteiger partial charge in [0.25, 0.3) is 0 Å². The Hall–Kier alpha value is -0.790. The molecule has 54 valence electrons. The number of fused-ring (bicyclic) bond motifs is 1. The van der Waals surface area contributed by atoms with E-state index in [2.05, 4.69) is 12.2 Å². The van der Waals surface area contributed by atoms with E-state index in [4.69, 9.17) is 4.74 Å². The molecule has 0 aromatic heterocycles. The third kappa shape index (κ3) is 0.838. The Kier molecular flexibility index (Phi) is 1.26. The van der Waals surface area contributed by atoms with E-state index < -0.39 is 0 Å². The van der Waals surface area contributed by atoms with Crippen LogP contribution in [0.1, 0.15) is 19.3 Å². The smallest absolute Gasteiger partial charge is 0.306 e. The van der Waals surface area contributed by atoms with Crippen molar-refractivity contribution in [3.05, 3.63) is 12.2 Å². The van der Waals surface area contributed by atoms with Crippen LogP contribution in [0.5, 0.6) is 0 Å². The minimum atomic E-state index is -0.0151. The molecule has 0 spiro atoms. The van der Waals surface area contributed by atoms with Crippen molar-refractivity contribution >= 4 is 5.97 Å². The standard InChI is InChI=1S/C8H10O2/c9-8-5-6-3-1-2-4-7(6)10-8/h1-2,6-7H,3-5H2/t6-,7+/m0/s1. The molecule has 0 radical (unpaired) electrons. The number of esters is 1. The van der Waals surface area contributed by atoms with E-state index in [1.807, 2.05) is 0 Å². The van der Waals surface area contributed by atoms with Crippen LogP contribution in [0, 0.1) is 5.92 Å². The van der Waals surface area contributed by atoms with Crippen molar-refractivity contribution in [2.45, 2.75) is 25.4 Å². The number of hydrogen-bond acceptors (Lipinski definition) is 2. The van der Waals surface area contributed by atoms with Gasteiger partial charge in [-0.2, -0.15) is 0 Å². The Bertz CT molecular complexity index is 166. The summed E-state index contributed by atoms with van der Waals surface area (Å²) >= 11 is 0. The van der Waals surface area contributed by atoms with Crippen LogP contribution in [0.3, 0.4) is 0 Å². The van der Waals surface area contributed by atoms with Crippen molar-refractivity contribution in [3.8, 4) is 0 Å². The zero-order valence-electron chi connectivity index (χ0n) is 5.75. The van der Waals surface area contributed by atoms with E-state index in [9.17, 15) is 4.79 Å². The van der Waals surface area contributed by atoms with E-state index in [-0.39, 0.29) is 12.1 Å². The second-order valence-corrected chi connectivity index (χ2v) is 2.94. The fraction of sp³-hybridized carbons (Fsp3) is 0.625. The number of allylic oxidation sites excluding steroid dienone is 1. The van der Waals surface area contributed by atoms with Crippen LogP contribution in [-0.4, -0.2) is 12.1 Å². The molecule has 2 nitrogen and oxygen atoms in total. The number of ether oxygens (including phenoxy) is 1. The van der Waals surface area contributed by atoms with Crippen molar-refractivity contribution in [3.63, 3.8) is 0 Å². The Morgan fingerprint density at radius 1 is 1.40 bits per heavy atom. The molecule has 2 atom stereocenters. The molecule has 1 heterocycles. The zero-order chi connectivity index (χ0) is 6.97. The number of hydrogen-bond donors (Lipinski definition) is 0. The molecule has 1 fully saturated rings. The molecule has 2 heteroatoms. The minimum Gasteiger partial charge on any atom is -0.462 e. The highest BCUT2D eigenvalue weighted by Gasteiger charge is 2.34. The first-order chi connectivity index (χ1) is 4.86. The predicted octanol–water partition coefficient (Wildman–Crippen LogP) is 1.27. The first-order valence-electron chi connectivity index (χ1n) is 3.71. The quantitative estimate of drug-likeness (QED) is 0.372. The first-order valence-corrected chi connectivity index (χ1v) is 3.71. The van der Waals surface area contributed by atoms with Gasteiger partial charge in [0.05, 0.1) is 6.42 Å². The maximum atomic E-state index is 10.8. The van der Waals surface area contributed by atoms with Crippen molar-refractivity contribution in [1.29, 1.82) is 0 Å². The summed E-state index contributed by atoms with van der Waals surface area (Å²) in [5.41, 5.74) is 0.